The van der Waals surface area contributed by atoms with Gasteiger partial charge in [-0.25, -0.2) is 0 Å². The van der Waals surface area contributed by atoms with E-state index in [0.29, 0.717) is 6.04 Å². The number of benzene rings is 1. The fourth-order valence-corrected chi connectivity index (χ4v) is 4.64. The van der Waals surface area contributed by atoms with Crippen LogP contribution in [0.2, 0.25) is 5.02 Å². The highest BCUT2D eigenvalue weighted by molar-refractivity contribution is 6.30. The van der Waals surface area contributed by atoms with Crippen LogP contribution in [0.25, 0.3) is 0 Å². The van der Waals surface area contributed by atoms with E-state index in [0.717, 1.165) is 57.6 Å². The maximum atomic E-state index is 6.20. The van der Waals surface area contributed by atoms with Crippen LogP contribution in [0.4, 0.5) is 0 Å². The minimum absolute atomic E-state index is 0.154. The molecular weight excluding hydrogens is 374 g/mol. The van der Waals surface area contributed by atoms with Gasteiger partial charge >= 0.3 is 0 Å². The summed E-state index contributed by atoms with van der Waals surface area (Å²) in [5, 5.41) is 0.779. The lowest BCUT2D eigenvalue weighted by atomic mass is 9.95. The summed E-state index contributed by atoms with van der Waals surface area (Å²) < 4.78 is 11.3. The summed E-state index contributed by atoms with van der Waals surface area (Å²) >= 11 is 6.20. The first kappa shape index (κ1) is 20.1. The van der Waals surface area contributed by atoms with Gasteiger partial charge in [0.05, 0.1) is 38.5 Å². The van der Waals surface area contributed by atoms with Crippen molar-refractivity contribution in [1.82, 2.24) is 9.80 Å². The molecular formula is C22H32ClN3O2. The van der Waals surface area contributed by atoms with Crippen LogP contribution in [0.1, 0.15) is 43.7 Å². The quantitative estimate of drug-likeness (QED) is 0.564. The average Bonchev–Trinajstić information content (AvgIpc) is 2.77. The van der Waals surface area contributed by atoms with E-state index in [-0.39, 0.29) is 6.04 Å². The predicted octanol–water partition coefficient (Wildman–Crippen LogP) is 3.78. The molecule has 0 aromatic heterocycles. The minimum Gasteiger partial charge on any atom is -0.379 e. The van der Waals surface area contributed by atoms with Gasteiger partial charge < -0.3 is 14.4 Å². The van der Waals surface area contributed by atoms with Gasteiger partial charge in [-0.1, -0.05) is 43.0 Å². The molecule has 2 saturated heterocycles. The Hall–Kier alpha value is -1.14. The average molecular weight is 406 g/mol. The molecule has 0 radical (unpaired) electrons. The number of ether oxygens (including phenoxy) is 2. The zero-order valence-corrected chi connectivity index (χ0v) is 17.4. The Bertz CT molecular complexity index is 634. The maximum Gasteiger partial charge on any atom is 0.121 e. The molecule has 3 fully saturated rings. The molecule has 3 aliphatic rings. The van der Waals surface area contributed by atoms with Gasteiger partial charge in [-0.2, -0.15) is 0 Å². The molecule has 0 amide bonds. The summed E-state index contributed by atoms with van der Waals surface area (Å²) in [7, 11) is 0. The number of halogens is 1. The van der Waals surface area contributed by atoms with E-state index in [1.54, 1.807) is 0 Å². The van der Waals surface area contributed by atoms with Crippen molar-refractivity contribution in [2.45, 2.75) is 44.2 Å². The summed E-state index contributed by atoms with van der Waals surface area (Å²) in [4.78, 5) is 10.4. The van der Waals surface area contributed by atoms with Gasteiger partial charge in [0.1, 0.15) is 5.84 Å². The van der Waals surface area contributed by atoms with Gasteiger partial charge in [-0.15, -0.1) is 0 Å². The SMILES string of the molecule is Clc1ccc(C(C(=NC2CCCCC2)N2CCOCC2)N2CCOCC2)cc1. The third-order valence-corrected chi connectivity index (χ3v) is 6.32. The Labute approximate surface area is 173 Å². The standard InChI is InChI=1S/C22H32ClN3O2/c23-19-8-6-18(7-9-19)21(25-10-14-27-15-11-25)22(26-12-16-28-17-13-26)24-20-4-2-1-3-5-20/h6-9,20-21H,1-5,10-17H2. The second-order valence-corrected chi connectivity index (χ2v) is 8.42. The van der Waals surface area contributed by atoms with Gasteiger partial charge in [-0.05, 0) is 30.5 Å². The first-order chi connectivity index (χ1) is 13.8. The first-order valence-electron chi connectivity index (χ1n) is 10.8. The zero-order chi connectivity index (χ0) is 19.2. The zero-order valence-electron chi connectivity index (χ0n) is 16.7. The van der Waals surface area contributed by atoms with E-state index in [2.05, 4.69) is 21.9 Å². The van der Waals surface area contributed by atoms with E-state index >= 15 is 0 Å². The predicted molar refractivity (Wildman–Crippen MR) is 113 cm³/mol. The van der Waals surface area contributed by atoms with Crippen LogP contribution in [-0.4, -0.2) is 74.3 Å². The van der Waals surface area contributed by atoms with Crippen LogP contribution >= 0.6 is 11.6 Å². The minimum atomic E-state index is 0.154. The molecule has 1 saturated carbocycles. The van der Waals surface area contributed by atoms with E-state index < -0.39 is 0 Å². The number of amidine groups is 1. The van der Waals surface area contributed by atoms with E-state index in [4.69, 9.17) is 26.1 Å². The number of nitrogens with zero attached hydrogens (tertiary/aromatic N) is 3. The second kappa shape index (κ2) is 10.1. The molecule has 1 unspecified atom stereocenters. The molecule has 1 aromatic carbocycles. The summed E-state index contributed by atoms with van der Waals surface area (Å²) in [5.74, 6) is 1.22. The van der Waals surface area contributed by atoms with Crippen LogP contribution in [0.5, 0.6) is 0 Å². The van der Waals surface area contributed by atoms with Crippen molar-refractivity contribution in [1.29, 1.82) is 0 Å². The van der Waals surface area contributed by atoms with Gasteiger partial charge in [0.25, 0.3) is 0 Å². The first-order valence-corrected chi connectivity index (χ1v) is 11.2. The number of hydrogen-bond donors (Lipinski definition) is 0. The lowest BCUT2D eigenvalue weighted by Crippen LogP contribution is -2.50. The van der Waals surface area contributed by atoms with Crippen LogP contribution in [0.15, 0.2) is 29.3 Å². The van der Waals surface area contributed by atoms with Crippen molar-refractivity contribution in [3.63, 3.8) is 0 Å². The number of aliphatic imine (C=N–C) groups is 1. The van der Waals surface area contributed by atoms with Crippen molar-refractivity contribution in [2.75, 3.05) is 52.6 Å². The maximum absolute atomic E-state index is 6.20. The Morgan fingerprint density at radius 3 is 2.14 bits per heavy atom. The summed E-state index contributed by atoms with van der Waals surface area (Å²) in [6.45, 7) is 6.82. The molecule has 4 rings (SSSR count). The molecule has 0 spiro atoms. The van der Waals surface area contributed by atoms with Crippen molar-refractivity contribution < 1.29 is 9.47 Å². The smallest absolute Gasteiger partial charge is 0.121 e. The molecule has 5 nitrogen and oxygen atoms in total. The van der Waals surface area contributed by atoms with Crippen molar-refractivity contribution >= 4 is 17.4 Å². The summed E-state index contributed by atoms with van der Waals surface area (Å²) in [6, 6.07) is 8.94. The normalized spacial score (nSPS) is 24.3. The fourth-order valence-electron chi connectivity index (χ4n) is 4.52. The number of hydrogen-bond acceptors (Lipinski definition) is 4. The molecule has 28 heavy (non-hydrogen) atoms. The Morgan fingerprint density at radius 2 is 1.50 bits per heavy atom. The van der Waals surface area contributed by atoms with Gasteiger partial charge in [-0.3, -0.25) is 9.89 Å². The topological polar surface area (TPSA) is 37.3 Å². The number of rotatable bonds is 4. The molecule has 2 aliphatic heterocycles. The third-order valence-electron chi connectivity index (χ3n) is 6.07. The fraction of sp³-hybridized carbons (Fsp3) is 0.682. The van der Waals surface area contributed by atoms with Crippen LogP contribution < -0.4 is 0 Å². The molecule has 1 aromatic rings. The highest BCUT2D eigenvalue weighted by atomic mass is 35.5. The Morgan fingerprint density at radius 1 is 0.893 bits per heavy atom. The molecule has 0 bridgehead atoms. The van der Waals surface area contributed by atoms with Crippen molar-refractivity contribution in [3.05, 3.63) is 34.9 Å². The van der Waals surface area contributed by atoms with Gasteiger partial charge in [0.2, 0.25) is 0 Å². The van der Waals surface area contributed by atoms with Gasteiger partial charge in [0.15, 0.2) is 0 Å². The second-order valence-electron chi connectivity index (χ2n) is 7.98. The molecule has 6 heteroatoms. The molecule has 2 heterocycles. The van der Waals surface area contributed by atoms with Crippen molar-refractivity contribution in [3.8, 4) is 0 Å². The Balaban J connectivity index is 1.70. The summed E-state index contributed by atoms with van der Waals surface area (Å²) in [5.41, 5.74) is 1.27. The van der Waals surface area contributed by atoms with E-state index in [1.807, 2.05) is 12.1 Å². The number of morpholine rings is 2. The highest BCUT2D eigenvalue weighted by Crippen LogP contribution is 2.29. The lowest BCUT2D eigenvalue weighted by Gasteiger charge is -2.41. The van der Waals surface area contributed by atoms with E-state index in [1.165, 1.54) is 43.5 Å². The third kappa shape index (κ3) is 5.07. The van der Waals surface area contributed by atoms with Crippen molar-refractivity contribution in [2.24, 2.45) is 4.99 Å². The molecule has 1 aliphatic carbocycles. The Kier molecular flexibility index (Phi) is 7.24. The monoisotopic (exact) mass is 405 g/mol. The lowest BCUT2D eigenvalue weighted by molar-refractivity contribution is 0.0225. The molecule has 154 valence electrons. The van der Waals surface area contributed by atoms with E-state index in [9.17, 15) is 0 Å². The largest absolute Gasteiger partial charge is 0.379 e. The van der Waals surface area contributed by atoms with Crippen LogP contribution in [0.3, 0.4) is 0 Å². The van der Waals surface area contributed by atoms with Crippen LogP contribution in [-0.2, 0) is 9.47 Å². The van der Waals surface area contributed by atoms with Gasteiger partial charge in [0, 0.05) is 31.2 Å². The highest BCUT2D eigenvalue weighted by Gasteiger charge is 2.32. The van der Waals surface area contributed by atoms with Crippen LogP contribution in [0, 0.1) is 0 Å². The summed E-state index contributed by atoms with van der Waals surface area (Å²) in [6.07, 6.45) is 6.37. The molecule has 1 atom stereocenters. The molecule has 0 N–H and O–H groups in total.